The molecule has 1 fully saturated rings. The van der Waals surface area contributed by atoms with Crippen molar-refractivity contribution in [2.24, 2.45) is 0 Å². The van der Waals surface area contributed by atoms with E-state index in [0.717, 1.165) is 33.7 Å². The molecule has 7 heteroatoms. The number of aliphatic hydroxyl groups excluding tert-OH is 1. The molecular formula is C21H21NO5S. The highest BCUT2D eigenvalue weighted by atomic mass is 32.1. The number of nitrogens with zero attached hydrogens (tertiary/aromatic N) is 1. The van der Waals surface area contributed by atoms with Crippen LogP contribution >= 0.6 is 11.3 Å². The first-order chi connectivity index (χ1) is 13.6. The lowest BCUT2D eigenvalue weighted by atomic mass is 10.0. The molecule has 0 aliphatic heterocycles. The molecule has 0 unspecified atom stereocenters. The molecule has 0 aromatic carbocycles. The molecule has 4 rings (SSSR count). The molecule has 0 bridgehead atoms. The highest BCUT2D eigenvalue weighted by molar-refractivity contribution is 7.15. The van der Waals surface area contributed by atoms with Gasteiger partial charge in [-0.2, -0.15) is 0 Å². The Bertz CT molecular complexity index is 1110. The maximum Gasteiger partial charge on any atom is 0.343 e. The third kappa shape index (κ3) is 3.10. The van der Waals surface area contributed by atoms with Crippen LogP contribution in [0.2, 0.25) is 0 Å². The normalized spacial score (nSPS) is 13.7. The summed E-state index contributed by atoms with van der Waals surface area (Å²) in [6.07, 6.45) is 3.71. The van der Waals surface area contributed by atoms with E-state index in [-0.39, 0.29) is 18.8 Å². The number of pyridine rings is 2. The molecule has 1 N–H and O–H groups in total. The number of aliphatic hydroxyl groups is 1. The molecule has 3 aromatic heterocycles. The van der Waals surface area contributed by atoms with E-state index in [1.54, 1.807) is 26.3 Å². The zero-order valence-corrected chi connectivity index (χ0v) is 16.5. The van der Waals surface area contributed by atoms with E-state index in [4.69, 9.17) is 9.47 Å². The molecule has 0 radical (unpaired) electrons. The van der Waals surface area contributed by atoms with Crippen LogP contribution in [0.5, 0.6) is 5.75 Å². The van der Waals surface area contributed by atoms with Crippen LogP contribution < -0.4 is 10.3 Å². The lowest BCUT2D eigenvalue weighted by molar-refractivity contribution is 0.0524. The second-order valence-electron chi connectivity index (χ2n) is 6.72. The predicted octanol–water partition coefficient (Wildman–Crippen LogP) is 3.58. The Morgan fingerprint density at radius 2 is 2.11 bits per heavy atom. The maximum atomic E-state index is 13.0. The van der Waals surface area contributed by atoms with E-state index < -0.39 is 11.5 Å². The van der Waals surface area contributed by atoms with Gasteiger partial charge < -0.3 is 14.6 Å². The van der Waals surface area contributed by atoms with E-state index in [2.05, 4.69) is 0 Å². The fourth-order valence-electron chi connectivity index (χ4n) is 3.46. The molecule has 1 aliphatic rings. The first kappa shape index (κ1) is 18.7. The second kappa shape index (κ2) is 7.41. The first-order valence-corrected chi connectivity index (χ1v) is 10.0. The summed E-state index contributed by atoms with van der Waals surface area (Å²) < 4.78 is 12.3. The molecule has 146 valence electrons. The van der Waals surface area contributed by atoms with Crippen LogP contribution in [0.25, 0.3) is 16.0 Å². The molecule has 0 atom stereocenters. The van der Waals surface area contributed by atoms with Crippen molar-refractivity contribution in [2.75, 3.05) is 13.7 Å². The zero-order valence-electron chi connectivity index (χ0n) is 15.7. The van der Waals surface area contributed by atoms with Gasteiger partial charge in [0.15, 0.2) is 5.75 Å². The van der Waals surface area contributed by atoms with Gasteiger partial charge in [-0.15, -0.1) is 11.3 Å². The number of hydrogen-bond donors (Lipinski definition) is 1. The number of fused-ring (bicyclic) bond motifs is 1. The highest BCUT2D eigenvalue weighted by Gasteiger charge is 2.31. The van der Waals surface area contributed by atoms with Gasteiger partial charge in [-0.25, -0.2) is 4.79 Å². The quantitative estimate of drug-likeness (QED) is 0.641. The van der Waals surface area contributed by atoms with Gasteiger partial charge in [0.25, 0.3) is 5.56 Å². The minimum Gasteiger partial charge on any atom is -0.494 e. The van der Waals surface area contributed by atoms with Crippen molar-refractivity contribution in [1.29, 1.82) is 0 Å². The lowest BCUT2D eigenvalue weighted by Crippen LogP contribution is -2.24. The van der Waals surface area contributed by atoms with E-state index in [1.165, 1.54) is 15.7 Å². The van der Waals surface area contributed by atoms with Crippen molar-refractivity contribution < 1.29 is 19.4 Å². The summed E-state index contributed by atoms with van der Waals surface area (Å²) in [6, 6.07) is 7.30. The smallest absolute Gasteiger partial charge is 0.343 e. The third-order valence-electron chi connectivity index (χ3n) is 4.91. The van der Waals surface area contributed by atoms with E-state index in [0.29, 0.717) is 17.2 Å². The van der Waals surface area contributed by atoms with Gasteiger partial charge in [0, 0.05) is 21.5 Å². The monoisotopic (exact) mass is 399 g/mol. The minimum absolute atomic E-state index is 0.0176. The van der Waals surface area contributed by atoms with Crippen molar-refractivity contribution in [3.63, 3.8) is 0 Å². The van der Waals surface area contributed by atoms with Gasteiger partial charge in [-0.3, -0.25) is 9.20 Å². The number of rotatable bonds is 6. The summed E-state index contributed by atoms with van der Waals surface area (Å²) in [5, 5.41) is 9.37. The number of ether oxygens (including phenoxy) is 2. The van der Waals surface area contributed by atoms with Gasteiger partial charge in [-0.1, -0.05) is 0 Å². The number of carbonyl (C=O) groups is 1. The van der Waals surface area contributed by atoms with Crippen LogP contribution in [0.15, 0.2) is 35.3 Å². The number of carbonyl (C=O) groups excluding carboxylic acids is 1. The Morgan fingerprint density at radius 3 is 2.71 bits per heavy atom. The standard InChI is InChI=1S/C21H21NO5S/c1-3-27-21(25)16-10-15(12-4-5-12)18-19(26-2)14(8-9-22(18)20(16)24)17-7-6-13(11-23)28-17/h6-10,12,23H,3-5,11H2,1-2H3. The molecule has 0 saturated heterocycles. The highest BCUT2D eigenvalue weighted by Crippen LogP contribution is 2.46. The molecule has 1 aliphatic carbocycles. The Morgan fingerprint density at radius 1 is 1.32 bits per heavy atom. The molecule has 3 aromatic rings. The minimum atomic E-state index is -0.599. The van der Waals surface area contributed by atoms with Crippen LogP contribution in [0.1, 0.15) is 46.5 Å². The van der Waals surface area contributed by atoms with E-state index in [9.17, 15) is 14.7 Å². The van der Waals surface area contributed by atoms with Crippen LogP contribution in [0.4, 0.5) is 0 Å². The number of aromatic nitrogens is 1. The van der Waals surface area contributed by atoms with Crippen LogP contribution in [0, 0.1) is 0 Å². The second-order valence-corrected chi connectivity index (χ2v) is 7.89. The first-order valence-electron chi connectivity index (χ1n) is 9.22. The van der Waals surface area contributed by atoms with Crippen LogP contribution in [-0.4, -0.2) is 29.2 Å². The largest absolute Gasteiger partial charge is 0.494 e. The molecule has 0 spiro atoms. The predicted molar refractivity (Wildman–Crippen MR) is 107 cm³/mol. The summed E-state index contributed by atoms with van der Waals surface area (Å²) in [5.74, 6) is 0.296. The van der Waals surface area contributed by atoms with Gasteiger partial charge in [0.1, 0.15) is 5.56 Å². The number of hydrogen-bond acceptors (Lipinski definition) is 6. The van der Waals surface area contributed by atoms with Crippen molar-refractivity contribution in [1.82, 2.24) is 4.40 Å². The average Bonchev–Trinajstić information content (AvgIpc) is 3.44. The van der Waals surface area contributed by atoms with Gasteiger partial charge >= 0.3 is 5.97 Å². The number of thiophene rings is 1. The topological polar surface area (TPSA) is 77.2 Å². The Kier molecular flexibility index (Phi) is 4.95. The fourth-order valence-corrected chi connectivity index (χ4v) is 4.35. The third-order valence-corrected chi connectivity index (χ3v) is 6.02. The summed E-state index contributed by atoms with van der Waals surface area (Å²) in [7, 11) is 1.58. The van der Waals surface area contributed by atoms with Crippen LogP contribution in [0.3, 0.4) is 0 Å². The molecular weight excluding hydrogens is 378 g/mol. The van der Waals surface area contributed by atoms with Gasteiger partial charge in [0.05, 0.1) is 25.8 Å². The lowest BCUT2D eigenvalue weighted by Gasteiger charge is -2.16. The summed E-state index contributed by atoms with van der Waals surface area (Å²) in [6.45, 7) is 1.92. The maximum absolute atomic E-state index is 13.0. The van der Waals surface area contributed by atoms with Crippen molar-refractivity contribution in [2.45, 2.75) is 32.3 Å². The molecule has 28 heavy (non-hydrogen) atoms. The number of methoxy groups -OCH3 is 1. The van der Waals surface area contributed by atoms with Crippen LogP contribution in [-0.2, 0) is 11.3 Å². The Labute approximate surface area is 166 Å². The molecule has 0 amide bonds. The van der Waals surface area contributed by atoms with Gasteiger partial charge in [-0.05, 0) is 55.5 Å². The number of esters is 1. The molecule has 6 nitrogen and oxygen atoms in total. The van der Waals surface area contributed by atoms with E-state index >= 15 is 0 Å². The fraction of sp³-hybridized carbons (Fsp3) is 0.333. The van der Waals surface area contributed by atoms with Crippen molar-refractivity contribution in [3.05, 3.63) is 56.8 Å². The van der Waals surface area contributed by atoms with Crippen molar-refractivity contribution >= 4 is 22.8 Å². The van der Waals surface area contributed by atoms with Gasteiger partial charge in [0.2, 0.25) is 0 Å². The Balaban J connectivity index is 2.00. The average molecular weight is 399 g/mol. The summed E-state index contributed by atoms with van der Waals surface area (Å²) in [5.41, 5.74) is 2.12. The SMILES string of the molecule is CCOC(=O)c1cc(C2CC2)c2c(OC)c(-c3ccc(CO)s3)ccn2c1=O. The Hall–Kier alpha value is -2.64. The molecule has 3 heterocycles. The van der Waals surface area contributed by atoms with E-state index in [1.807, 2.05) is 18.2 Å². The van der Waals surface area contributed by atoms with Crippen molar-refractivity contribution in [3.8, 4) is 16.2 Å². The zero-order chi connectivity index (χ0) is 19.8. The molecule has 1 saturated carbocycles. The summed E-state index contributed by atoms with van der Waals surface area (Å²) in [4.78, 5) is 27.1. The summed E-state index contributed by atoms with van der Waals surface area (Å²) >= 11 is 1.48.